The van der Waals surface area contributed by atoms with Crippen LogP contribution in [0.25, 0.3) is 0 Å². The Morgan fingerprint density at radius 3 is 2.92 bits per heavy atom. The molecule has 0 amide bonds. The highest BCUT2D eigenvalue weighted by molar-refractivity contribution is 5.10. The number of fused-ring (bicyclic) bond motifs is 1. The lowest BCUT2D eigenvalue weighted by molar-refractivity contribution is 0.307. The largest absolute Gasteiger partial charge is 0.310 e. The van der Waals surface area contributed by atoms with Gasteiger partial charge >= 0.3 is 0 Å². The zero-order chi connectivity index (χ0) is 9.42. The smallest absolute Gasteiger partial charge is 0.250 e. The monoisotopic (exact) mass is 177 g/mol. The second kappa shape index (κ2) is 3.02. The summed E-state index contributed by atoms with van der Waals surface area (Å²) >= 11 is 0. The maximum absolute atomic E-state index is 11.6. The van der Waals surface area contributed by atoms with Crippen molar-refractivity contribution in [1.82, 2.24) is 4.57 Å². The van der Waals surface area contributed by atoms with Crippen LogP contribution in [0.2, 0.25) is 0 Å². The summed E-state index contributed by atoms with van der Waals surface area (Å²) in [5.74, 6) is 0.618. The molecule has 0 aliphatic carbocycles. The zero-order valence-corrected chi connectivity index (χ0v) is 8.16. The van der Waals surface area contributed by atoms with Gasteiger partial charge in [0, 0.05) is 17.8 Å². The van der Waals surface area contributed by atoms with Gasteiger partial charge in [-0.3, -0.25) is 4.79 Å². The van der Waals surface area contributed by atoms with Crippen molar-refractivity contribution in [3.05, 3.63) is 34.2 Å². The molecule has 0 bridgehead atoms. The fourth-order valence-corrected chi connectivity index (χ4v) is 2.08. The van der Waals surface area contributed by atoms with Gasteiger partial charge in [0.2, 0.25) is 0 Å². The number of aromatic nitrogens is 1. The summed E-state index contributed by atoms with van der Waals surface area (Å²) in [5, 5.41) is 0. The summed E-state index contributed by atoms with van der Waals surface area (Å²) in [4.78, 5) is 11.6. The summed E-state index contributed by atoms with van der Waals surface area (Å²) < 4.78 is 1.94. The molecular weight excluding hydrogens is 162 g/mol. The second-order valence-electron chi connectivity index (χ2n) is 3.98. The number of hydrogen-bond donors (Lipinski definition) is 0. The van der Waals surface area contributed by atoms with E-state index in [0.717, 1.165) is 6.42 Å². The summed E-state index contributed by atoms with van der Waals surface area (Å²) in [7, 11) is 0. The third kappa shape index (κ3) is 1.30. The molecule has 1 aromatic rings. The summed E-state index contributed by atoms with van der Waals surface area (Å²) in [5.41, 5.74) is 1.34. The molecule has 2 nitrogen and oxygen atoms in total. The van der Waals surface area contributed by atoms with Crippen molar-refractivity contribution in [3.63, 3.8) is 0 Å². The van der Waals surface area contributed by atoms with Crippen molar-refractivity contribution in [2.24, 2.45) is 5.92 Å². The van der Waals surface area contributed by atoms with Gasteiger partial charge < -0.3 is 4.57 Å². The zero-order valence-electron chi connectivity index (χ0n) is 8.16. The molecule has 0 radical (unpaired) electrons. The average molecular weight is 177 g/mol. The highest BCUT2D eigenvalue weighted by Crippen LogP contribution is 2.27. The van der Waals surface area contributed by atoms with Crippen LogP contribution in [-0.4, -0.2) is 4.57 Å². The van der Waals surface area contributed by atoms with Crippen LogP contribution in [0.15, 0.2) is 23.0 Å². The Bertz CT molecular complexity index is 367. The fourth-order valence-electron chi connectivity index (χ4n) is 2.08. The first-order valence-corrected chi connectivity index (χ1v) is 4.90. The minimum absolute atomic E-state index is 0.150. The molecule has 0 spiro atoms. The molecule has 0 unspecified atom stereocenters. The molecule has 1 aliphatic heterocycles. The molecule has 70 valence electrons. The van der Waals surface area contributed by atoms with Gasteiger partial charge in [0.05, 0.1) is 0 Å². The summed E-state index contributed by atoms with van der Waals surface area (Å²) in [6.45, 7) is 4.35. The Morgan fingerprint density at radius 1 is 1.38 bits per heavy atom. The SMILES string of the molecule is C[C@@H]1[C@@H](C)CCc2cccc(=O)n21. The van der Waals surface area contributed by atoms with Crippen LogP contribution >= 0.6 is 0 Å². The highest BCUT2D eigenvalue weighted by atomic mass is 16.1. The van der Waals surface area contributed by atoms with Crippen molar-refractivity contribution < 1.29 is 0 Å². The van der Waals surface area contributed by atoms with Crippen molar-refractivity contribution in [2.75, 3.05) is 0 Å². The lowest BCUT2D eigenvalue weighted by Crippen LogP contribution is -2.32. The topological polar surface area (TPSA) is 22.0 Å². The normalized spacial score (nSPS) is 26.9. The first kappa shape index (κ1) is 8.54. The Morgan fingerprint density at radius 2 is 2.15 bits per heavy atom. The van der Waals surface area contributed by atoms with Gasteiger partial charge in [-0.05, 0) is 31.7 Å². The van der Waals surface area contributed by atoms with Crippen LogP contribution in [0.1, 0.15) is 32.0 Å². The molecule has 13 heavy (non-hydrogen) atoms. The predicted octanol–water partition coefficient (Wildman–Crippen LogP) is 1.99. The molecule has 2 heterocycles. The van der Waals surface area contributed by atoms with E-state index in [0.29, 0.717) is 12.0 Å². The first-order chi connectivity index (χ1) is 6.20. The summed E-state index contributed by atoms with van der Waals surface area (Å²) in [6.07, 6.45) is 2.24. The number of pyridine rings is 1. The predicted molar refractivity (Wildman–Crippen MR) is 52.9 cm³/mol. The van der Waals surface area contributed by atoms with Crippen molar-refractivity contribution >= 4 is 0 Å². The van der Waals surface area contributed by atoms with Crippen LogP contribution in [-0.2, 0) is 6.42 Å². The molecule has 0 aromatic carbocycles. The van der Waals surface area contributed by atoms with E-state index in [1.165, 1.54) is 12.1 Å². The number of rotatable bonds is 0. The second-order valence-corrected chi connectivity index (χ2v) is 3.98. The molecule has 1 aromatic heterocycles. The number of nitrogens with zero attached hydrogens (tertiary/aromatic N) is 1. The van der Waals surface area contributed by atoms with E-state index in [-0.39, 0.29) is 5.56 Å². The van der Waals surface area contributed by atoms with E-state index in [2.05, 4.69) is 19.9 Å². The van der Waals surface area contributed by atoms with Gasteiger partial charge in [-0.1, -0.05) is 13.0 Å². The lowest BCUT2D eigenvalue weighted by atomic mass is 9.92. The van der Waals surface area contributed by atoms with Crippen molar-refractivity contribution in [3.8, 4) is 0 Å². The fraction of sp³-hybridized carbons (Fsp3) is 0.545. The molecular formula is C11H15NO. The Balaban J connectivity index is 2.57. The summed E-state index contributed by atoms with van der Waals surface area (Å²) in [6, 6.07) is 5.93. The molecule has 2 heteroatoms. The van der Waals surface area contributed by atoms with Crippen molar-refractivity contribution in [1.29, 1.82) is 0 Å². The van der Waals surface area contributed by atoms with E-state index >= 15 is 0 Å². The molecule has 0 N–H and O–H groups in total. The van der Waals surface area contributed by atoms with Crippen LogP contribution in [0.5, 0.6) is 0 Å². The van der Waals surface area contributed by atoms with Crippen LogP contribution in [0, 0.1) is 5.92 Å². The molecule has 1 aliphatic rings. The number of aryl methyl sites for hydroxylation is 1. The first-order valence-electron chi connectivity index (χ1n) is 4.90. The standard InChI is InChI=1S/C11H15NO/c1-8-6-7-10-4-3-5-11(13)12(10)9(8)2/h3-5,8-9H,6-7H2,1-2H3/t8-,9+/m0/s1. The average Bonchev–Trinajstić information content (AvgIpc) is 2.12. The Kier molecular flexibility index (Phi) is 1.98. The van der Waals surface area contributed by atoms with Gasteiger partial charge in [0.25, 0.3) is 5.56 Å². The minimum Gasteiger partial charge on any atom is -0.310 e. The van der Waals surface area contributed by atoms with E-state index in [4.69, 9.17) is 0 Å². The molecule has 2 rings (SSSR count). The van der Waals surface area contributed by atoms with Crippen LogP contribution in [0.3, 0.4) is 0 Å². The molecule has 0 saturated heterocycles. The quantitative estimate of drug-likeness (QED) is 0.594. The maximum atomic E-state index is 11.6. The maximum Gasteiger partial charge on any atom is 0.250 e. The van der Waals surface area contributed by atoms with E-state index in [1.807, 2.05) is 10.6 Å². The Hall–Kier alpha value is -1.05. The highest BCUT2D eigenvalue weighted by Gasteiger charge is 2.22. The van der Waals surface area contributed by atoms with E-state index < -0.39 is 0 Å². The minimum atomic E-state index is 0.150. The van der Waals surface area contributed by atoms with Gasteiger partial charge in [0.15, 0.2) is 0 Å². The van der Waals surface area contributed by atoms with Crippen molar-refractivity contribution in [2.45, 2.75) is 32.7 Å². The lowest BCUT2D eigenvalue weighted by Gasteiger charge is -2.30. The van der Waals surface area contributed by atoms with E-state index in [9.17, 15) is 4.79 Å². The molecule has 0 saturated carbocycles. The van der Waals surface area contributed by atoms with Gasteiger partial charge in [-0.2, -0.15) is 0 Å². The third-order valence-electron chi connectivity index (χ3n) is 3.16. The van der Waals surface area contributed by atoms with Gasteiger partial charge in [-0.15, -0.1) is 0 Å². The number of hydrogen-bond acceptors (Lipinski definition) is 1. The van der Waals surface area contributed by atoms with E-state index in [1.54, 1.807) is 6.07 Å². The Labute approximate surface area is 78.2 Å². The third-order valence-corrected chi connectivity index (χ3v) is 3.16. The van der Waals surface area contributed by atoms with Crippen LogP contribution < -0.4 is 5.56 Å². The molecule has 2 atom stereocenters. The molecule has 0 fully saturated rings. The van der Waals surface area contributed by atoms with Gasteiger partial charge in [-0.25, -0.2) is 0 Å². The van der Waals surface area contributed by atoms with Gasteiger partial charge in [0.1, 0.15) is 0 Å². The van der Waals surface area contributed by atoms with Crippen LogP contribution in [0.4, 0.5) is 0 Å².